The number of piperidine rings is 1. The Morgan fingerprint density at radius 3 is 2.54 bits per heavy atom. The van der Waals surface area contributed by atoms with E-state index in [2.05, 4.69) is 16.3 Å². The van der Waals surface area contributed by atoms with Crippen LogP contribution in [0.5, 0.6) is 5.75 Å². The Hall–Kier alpha value is -2.48. The molecule has 1 aromatic carbocycles. The average Bonchev–Trinajstić information content (AvgIpc) is 3.54. The highest BCUT2D eigenvalue weighted by molar-refractivity contribution is 7.99. The van der Waals surface area contributed by atoms with Crippen molar-refractivity contribution >= 4 is 23.7 Å². The fraction of sp³-hybridized carbons (Fsp3) is 0.593. The average molecular weight is 495 g/mol. The monoisotopic (exact) mass is 494 g/mol. The van der Waals surface area contributed by atoms with Gasteiger partial charge in [-0.1, -0.05) is 18.2 Å². The number of alkyl carbamates (subject to hydrolysis) is 1. The fourth-order valence-electron chi connectivity index (χ4n) is 5.95. The molecule has 4 heterocycles. The van der Waals surface area contributed by atoms with Gasteiger partial charge in [-0.2, -0.15) is 0 Å². The molecule has 2 aromatic rings. The van der Waals surface area contributed by atoms with Crippen LogP contribution in [0.4, 0.5) is 10.6 Å². The molecule has 186 valence electrons. The van der Waals surface area contributed by atoms with Crippen molar-refractivity contribution in [3.63, 3.8) is 0 Å². The number of carbonyl (C=O) groups excluding carboxylic acids is 1. The van der Waals surface area contributed by atoms with Crippen molar-refractivity contribution in [3.8, 4) is 5.75 Å². The Morgan fingerprint density at radius 2 is 1.89 bits per heavy atom. The minimum absolute atomic E-state index is 0.244. The number of ether oxygens (including phenoxy) is 2. The molecule has 8 heteroatoms. The van der Waals surface area contributed by atoms with Crippen molar-refractivity contribution in [3.05, 3.63) is 42.2 Å². The van der Waals surface area contributed by atoms with Crippen LogP contribution in [0.2, 0.25) is 0 Å². The highest BCUT2D eigenvalue weighted by atomic mass is 32.2. The van der Waals surface area contributed by atoms with Crippen LogP contribution in [0, 0.1) is 5.92 Å². The standard InChI is InChI=1S/C27H34N4O3S/c1-26(2,3)34-25(32)30-24-20-6-4-5-7-21(20)33-27(24)12-18-10-11-19(13-27)31(18)22-14-29-23(15-28-22)35-16-17-8-9-17/h4-7,14-15,17-19,24H,8-13,16H2,1-3H3,(H,30,32)/t18-,19?,24+,27+/m0/s1. The number of anilines is 1. The minimum Gasteiger partial charge on any atom is -0.484 e. The van der Waals surface area contributed by atoms with Crippen molar-refractivity contribution in [2.45, 2.75) is 93.6 Å². The number of hydrogen-bond acceptors (Lipinski definition) is 7. The van der Waals surface area contributed by atoms with Crippen molar-refractivity contribution in [2.75, 3.05) is 10.7 Å². The molecule has 1 N–H and O–H groups in total. The molecule has 2 bridgehead atoms. The number of benzene rings is 1. The van der Waals surface area contributed by atoms with Crippen molar-refractivity contribution in [2.24, 2.45) is 5.92 Å². The number of fused-ring (bicyclic) bond motifs is 3. The zero-order chi connectivity index (χ0) is 24.2. The van der Waals surface area contributed by atoms with Crippen molar-refractivity contribution < 1.29 is 14.3 Å². The first kappa shape index (κ1) is 23.0. The van der Waals surface area contributed by atoms with Gasteiger partial charge in [0.25, 0.3) is 0 Å². The number of para-hydroxylation sites is 1. The summed E-state index contributed by atoms with van der Waals surface area (Å²) < 4.78 is 12.3. The van der Waals surface area contributed by atoms with Gasteiger partial charge in [0.1, 0.15) is 33.8 Å². The first-order valence-corrected chi connectivity index (χ1v) is 13.8. The highest BCUT2D eigenvalue weighted by Crippen LogP contribution is 2.54. The van der Waals surface area contributed by atoms with Crippen LogP contribution in [-0.2, 0) is 4.74 Å². The zero-order valence-corrected chi connectivity index (χ0v) is 21.5. The predicted molar refractivity (Wildman–Crippen MR) is 136 cm³/mol. The normalized spacial score (nSPS) is 29.1. The van der Waals surface area contributed by atoms with Crippen LogP contribution < -0.4 is 15.0 Å². The molecule has 7 nitrogen and oxygen atoms in total. The third kappa shape index (κ3) is 4.57. The Balaban J connectivity index is 1.22. The second-order valence-corrected chi connectivity index (χ2v) is 12.5. The van der Waals surface area contributed by atoms with E-state index in [1.807, 2.05) is 63.1 Å². The number of amides is 1. The number of thioether (sulfide) groups is 1. The number of hydrogen-bond donors (Lipinski definition) is 1. The van der Waals surface area contributed by atoms with Crippen LogP contribution >= 0.6 is 11.8 Å². The van der Waals surface area contributed by atoms with Gasteiger partial charge in [-0.05, 0) is 58.4 Å². The summed E-state index contributed by atoms with van der Waals surface area (Å²) in [5.74, 6) is 3.83. The van der Waals surface area contributed by atoms with E-state index in [9.17, 15) is 4.79 Å². The molecule has 1 spiro atoms. The largest absolute Gasteiger partial charge is 0.484 e. The summed E-state index contributed by atoms with van der Waals surface area (Å²) in [4.78, 5) is 24.8. The number of nitrogens with one attached hydrogen (secondary N) is 1. The molecule has 2 saturated heterocycles. The minimum atomic E-state index is -0.555. The maximum Gasteiger partial charge on any atom is 0.408 e. The lowest BCUT2D eigenvalue weighted by Gasteiger charge is -2.47. The third-order valence-electron chi connectivity index (χ3n) is 7.56. The molecule has 3 fully saturated rings. The lowest BCUT2D eigenvalue weighted by atomic mass is 9.79. The molecular formula is C27H34N4O3S. The lowest BCUT2D eigenvalue weighted by Crippen LogP contribution is -2.58. The maximum absolute atomic E-state index is 12.8. The Kier molecular flexibility index (Phi) is 5.62. The predicted octanol–water partition coefficient (Wildman–Crippen LogP) is 5.51. The van der Waals surface area contributed by atoms with Crippen LogP contribution in [0.25, 0.3) is 0 Å². The van der Waals surface area contributed by atoms with Gasteiger partial charge in [0.15, 0.2) is 0 Å². The van der Waals surface area contributed by atoms with Gasteiger partial charge in [-0.15, -0.1) is 11.8 Å². The zero-order valence-electron chi connectivity index (χ0n) is 20.7. The van der Waals surface area contributed by atoms with Crippen molar-refractivity contribution in [1.29, 1.82) is 0 Å². The summed E-state index contributed by atoms with van der Waals surface area (Å²) in [6.45, 7) is 5.66. The Bertz CT molecular complexity index is 1080. The molecule has 6 rings (SSSR count). The molecule has 1 saturated carbocycles. The first-order valence-electron chi connectivity index (χ1n) is 12.8. The molecule has 3 aliphatic heterocycles. The summed E-state index contributed by atoms with van der Waals surface area (Å²) in [7, 11) is 0. The SMILES string of the molecule is CC(C)(C)OC(=O)N[C@@H]1c2ccccc2O[C@]12CC1CC[C@@H](C2)N1c1cnc(SCC2CC2)cn1. The van der Waals surface area contributed by atoms with E-state index >= 15 is 0 Å². The molecule has 1 aliphatic carbocycles. The topological polar surface area (TPSA) is 76.6 Å². The Morgan fingerprint density at radius 1 is 1.14 bits per heavy atom. The van der Waals surface area contributed by atoms with Crippen LogP contribution in [-0.4, -0.2) is 45.1 Å². The second-order valence-electron chi connectivity index (χ2n) is 11.5. The number of nitrogens with zero attached hydrogens (tertiary/aromatic N) is 3. The van der Waals surface area contributed by atoms with Crippen LogP contribution in [0.1, 0.15) is 70.9 Å². The molecule has 4 aliphatic rings. The number of rotatable bonds is 5. The van der Waals surface area contributed by atoms with E-state index in [-0.39, 0.29) is 6.04 Å². The second kappa shape index (κ2) is 8.57. The quantitative estimate of drug-likeness (QED) is 0.550. The van der Waals surface area contributed by atoms with Gasteiger partial charge in [0.05, 0.1) is 12.4 Å². The van der Waals surface area contributed by atoms with Crippen molar-refractivity contribution in [1.82, 2.24) is 15.3 Å². The van der Waals surface area contributed by atoms with Gasteiger partial charge in [0, 0.05) is 36.2 Å². The van der Waals surface area contributed by atoms with Gasteiger partial charge in [-0.25, -0.2) is 14.8 Å². The summed E-state index contributed by atoms with van der Waals surface area (Å²) in [5, 5.41) is 4.19. The lowest BCUT2D eigenvalue weighted by molar-refractivity contribution is 0.00495. The summed E-state index contributed by atoms with van der Waals surface area (Å²) in [6, 6.07) is 8.41. The van der Waals surface area contributed by atoms with Gasteiger partial charge in [0.2, 0.25) is 0 Å². The van der Waals surface area contributed by atoms with Gasteiger partial charge in [-0.3, -0.25) is 0 Å². The molecule has 1 aromatic heterocycles. The highest BCUT2D eigenvalue weighted by Gasteiger charge is 2.58. The molecule has 1 unspecified atom stereocenters. The molecule has 4 atom stereocenters. The third-order valence-corrected chi connectivity index (χ3v) is 8.70. The van der Waals surface area contributed by atoms with E-state index in [0.29, 0.717) is 12.1 Å². The number of carbonyl (C=O) groups is 1. The van der Waals surface area contributed by atoms with Gasteiger partial charge >= 0.3 is 6.09 Å². The summed E-state index contributed by atoms with van der Waals surface area (Å²) in [5.41, 5.74) is -0.0142. The van der Waals surface area contributed by atoms with E-state index in [0.717, 1.165) is 59.5 Å². The van der Waals surface area contributed by atoms with E-state index < -0.39 is 17.3 Å². The molecular weight excluding hydrogens is 460 g/mol. The first-order chi connectivity index (χ1) is 16.8. The fourth-order valence-corrected chi connectivity index (χ4v) is 6.94. The smallest absolute Gasteiger partial charge is 0.408 e. The molecule has 0 radical (unpaired) electrons. The van der Waals surface area contributed by atoms with Crippen LogP contribution in [0.3, 0.4) is 0 Å². The number of aromatic nitrogens is 2. The van der Waals surface area contributed by atoms with Gasteiger partial charge < -0.3 is 19.7 Å². The Labute approximate surface area is 211 Å². The van der Waals surface area contributed by atoms with E-state index in [1.165, 1.54) is 12.8 Å². The maximum atomic E-state index is 12.8. The summed E-state index contributed by atoms with van der Waals surface area (Å²) in [6.07, 6.45) is 10.00. The summed E-state index contributed by atoms with van der Waals surface area (Å²) >= 11 is 1.82. The van der Waals surface area contributed by atoms with E-state index in [1.54, 1.807) is 0 Å². The van der Waals surface area contributed by atoms with Crippen LogP contribution in [0.15, 0.2) is 41.7 Å². The molecule has 35 heavy (non-hydrogen) atoms. The molecule has 1 amide bonds. The van der Waals surface area contributed by atoms with E-state index in [4.69, 9.17) is 19.4 Å².